The minimum absolute atomic E-state index is 0.00639. The van der Waals surface area contributed by atoms with E-state index in [1.54, 1.807) is 6.92 Å². The van der Waals surface area contributed by atoms with E-state index >= 15 is 0 Å². The molecule has 10 heteroatoms. The van der Waals surface area contributed by atoms with Crippen LogP contribution in [0.1, 0.15) is 30.1 Å². The normalized spacial score (nSPS) is 18.3. The highest BCUT2D eigenvalue weighted by atomic mass is 32.2. The number of carbonyl (C=O) groups is 1. The van der Waals surface area contributed by atoms with Crippen LogP contribution < -0.4 is 20.9 Å². The summed E-state index contributed by atoms with van der Waals surface area (Å²) >= 11 is 1.11. The smallest absolute Gasteiger partial charge is 0.294 e. The van der Waals surface area contributed by atoms with E-state index in [2.05, 4.69) is 10.2 Å². The van der Waals surface area contributed by atoms with Crippen LogP contribution in [0.3, 0.4) is 0 Å². The third kappa shape index (κ3) is 3.51. The summed E-state index contributed by atoms with van der Waals surface area (Å²) in [6.07, 6.45) is 1.82. The van der Waals surface area contributed by atoms with Crippen molar-refractivity contribution in [2.45, 2.75) is 31.0 Å². The van der Waals surface area contributed by atoms with Crippen LogP contribution in [-0.4, -0.2) is 51.2 Å². The molecule has 2 N–H and O–H groups in total. The second kappa shape index (κ2) is 7.70. The first-order valence-corrected chi connectivity index (χ1v) is 10.1. The van der Waals surface area contributed by atoms with E-state index < -0.39 is 5.56 Å². The molecule has 0 radical (unpaired) electrons. The molecule has 2 aromatic rings. The van der Waals surface area contributed by atoms with Crippen molar-refractivity contribution in [2.75, 3.05) is 31.4 Å². The molecule has 0 aliphatic carbocycles. The van der Waals surface area contributed by atoms with Crippen LogP contribution in [0.25, 0.3) is 0 Å². The summed E-state index contributed by atoms with van der Waals surface area (Å²) in [5, 5.41) is 7.92. The summed E-state index contributed by atoms with van der Waals surface area (Å²) in [5.41, 5.74) is 0.836. The average molecular weight is 403 g/mol. The molecular weight excluding hydrogens is 382 g/mol. The maximum atomic E-state index is 12.8. The van der Waals surface area contributed by atoms with E-state index in [1.165, 1.54) is 0 Å². The predicted octanol–water partition coefficient (Wildman–Crippen LogP) is 0.888. The Morgan fingerprint density at radius 1 is 1.29 bits per heavy atom. The van der Waals surface area contributed by atoms with Gasteiger partial charge in [-0.1, -0.05) is 17.8 Å². The highest BCUT2D eigenvalue weighted by Gasteiger charge is 2.31. The van der Waals surface area contributed by atoms with Crippen LogP contribution in [0.15, 0.2) is 28.2 Å². The fourth-order valence-electron chi connectivity index (χ4n) is 3.46. The van der Waals surface area contributed by atoms with Gasteiger partial charge in [0.15, 0.2) is 11.5 Å². The maximum absolute atomic E-state index is 12.8. The number of aryl methyl sites for hydroxylation is 1. The molecule has 0 bridgehead atoms. The van der Waals surface area contributed by atoms with Gasteiger partial charge in [-0.2, -0.15) is 4.68 Å². The van der Waals surface area contributed by atoms with Crippen molar-refractivity contribution in [3.05, 3.63) is 39.8 Å². The van der Waals surface area contributed by atoms with Crippen LogP contribution in [0.5, 0.6) is 11.5 Å². The Morgan fingerprint density at radius 2 is 2.07 bits per heavy atom. The van der Waals surface area contributed by atoms with Gasteiger partial charge in [0.05, 0.1) is 11.8 Å². The molecule has 0 saturated carbocycles. The molecule has 148 valence electrons. The van der Waals surface area contributed by atoms with Gasteiger partial charge in [-0.3, -0.25) is 9.59 Å². The van der Waals surface area contributed by atoms with E-state index in [1.807, 2.05) is 23.1 Å². The molecule has 4 rings (SSSR count). The van der Waals surface area contributed by atoms with E-state index in [4.69, 9.17) is 15.3 Å². The number of aromatic nitrogens is 3. The number of amides is 1. The summed E-state index contributed by atoms with van der Waals surface area (Å²) in [7, 11) is 0. The van der Waals surface area contributed by atoms with Gasteiger partial charge in [0.1, 0.15) is 18.9 Å². The van der Waals surface area contributed by atoms with Crippen molar-refractivity contribution in [2.24, 2.45) is 0 Å². The van der Waals surface area contributed by atoms with Gasteiger partial charge in [-0.05, 0) is 37.5 Å². The quantitative estimate of drug-likeness (QED) is 0.592. The lowest BCUT2D eigenvalue weighted by Gasteiger charge is -2.26. The Balaban J connectivity index is 1.47. The molecule has 1 saturated heterocycles. The third-order valence-electron chi connectivity index (χ3n) is 4.87. The largest absolute Gasteiger partial charge is 0.486 e. The van der Waals surface area contributed by atoms with Crippen molar-refractivity contribution < 1.29 is 14.3 Å². The number of benzene rings is 1. The summed E-state index contributed by atoms with van der Waals surface area (Å²) in [6, 6.07) is 5.84. The number of fused-ring (bicyclic) bond motifs is 1. The van der Waals surface area contributed by atoms with Gasteiger partial charge in [0.2, 0.25) is 11.1 Å². The van der Waals surface area contributed by atoms with Gasteiger partial charge < -0.3 is 20.2 Å². The molecule has 0 unspecified atom stereocenters. The molecule has 28 heavy (non-hydrogen) atoms. The number of ether oxygens (including phenoxy) is 2. The molecule has 2 aliphatic heterocycles. The maximum Gasteiger partial charge on any atom is 0.294 e. The number of likely N-dealkylation sites (tertiary alicyclic amines) is 1. The number of thioether (sulfide) groups is 1. The minimum Gasteiger partial charge on any atom is -0.486 e. The molecule has 1 amide bonds. The first-order valence-electron chi connectivity index (χ1n) is 9.08. The fraction of sp³-hybridized carbons (Fsp3) is 0.444. The van der Waals surface area contributed by atoms with Crippen molar-refractivity contribution in [3.63, 3.8) is 0 Å². The number of carbonyl (C=O) groups excluding carboxylic acids is 1. The lowest BCUT2D eigenvalue weighted by molar-refractivity contribution is -0.129. The number of hydrogen-bond donors (Lipinski definition) is 1. The molecule has 9 nitrogen and oxygen atoms in total. The van der Waals surface area contributed by atoms with E-state index in [0.29, 0.717) is 19.8 Å². The number of hydrogen-bond acceptors (Lipinski definition) is 8. The number of nitrogens with two attached hydrogens (primary N) is 1. The topological polar surface area (TPSA) is 113 Å². The van der Waals surface area contributed by atoms with Crippen LogP contribution in [0.4, 0.5) is 0 Å². The molecule has 1 atom stereocenters. The average Bonchev–Trinajstić information content (AvgIpc) is 3.21. The number of nitrogen functional groups attached to an aromatic ring is 1. The van der Waals surface area contributed by atoms with Crippen molar-refractivity contribution in [1.29, 1.82) is 0 Å². The second-order valence-corrected chi connectivity index (χ2v) is 7.62. The standard InChI is InChI=1S/C18H21N5O4S/c1-11-17(25)23(19)18(21-20-11)28-10-16(24)22-6-2-3-13(22)12-4-5-14-15(9-12)27-8-7-26-14/h4-5,9,13H,2-3,6-8,10,19H2,1H3/t13-/m1/s1. The van der Waals surface area contributed by atoms with Crippen LogP contribution in [-0.2, 0) is 4.79 Å². The number of rotatable bonds is 4. The molecule has 1 aromatic carbocycles. The zero-order chi connectivity index (χ0) is 19.7. The Kier molecular flexibility index (Phi) is 5.12. The highest BCUT2D eigenvalue weighted by Crippen LogP contribution is 2.38. The first-order chi connectivity index (χ1) is 13.5. The van der Waals surface area contributed by atoms with Gasteiger partial charge >= 0.3 is 0 Å². The van der Waals surface area contributed by atoms with Gasteiger partial charge in [-0.15, -0.1) is 10.2 Å². The Hall–Kier alpha value is -2.75. The lowest BCUT2D eigenvalue weighted by atomic mass is 10.0. The molecule has 0 spiro atoms. The summed E-state index contributed by atoms with van der Waals surface area (Å²) in [5.74, 6) is 7.30. The molecule has 1 aromatic heterocycles. The SMILES string of the molecule is Cc1nnc(SCC(=O)N2CCC[C@@H]2c2ccc3c(c2)OCCO3)n(N)c1=O. The molecule has 2 aliphatic rings. The van der Waals surface area contributed by atoms with E-state index in [9.17, 15) is 9.59 Å². The lowest BCUT2D eigenvalue weighted by Crippen LogP contribution is -2.34. The molecule has 3 heterocycles. The molecular formula is C18H21N5O4S. The summed E-state index contributed by atoms with van der Waals surface area (Å²) in [6.45, 7) is 3.30. The van der Waals surface area contributed by atoms with Gasteiger partial charge in [0.25, 0.3) is 5.56 Å². The zero-order valence-electron chi connectivity index (χ0n) is 15.5. The Morgan fingerprint density at radius 3 is 2.89 bits per heavy atom. The van der Waals surface area contributed by atoms with Crippen LogP contribution >= 0.6 is 11.8 Å². The minimum atomic E-state index is -0.416. The second-order valence-electron chi connectivity index (χ2n) is 6.68. The third-order valence-corrected chi connectivity index (χ3v) is 5.80. The molecule has 1 fully saturated rings. The Labute approximate surface area is 165 Å². The van der Waals surface area contributed by atoms with E-state index in [0.717, 1.165) is 46.3 Å². The Bertz CT molecular complexity index is 963. The predicted molar refractivity (Wildman–Crippen MR) is 103 cm³/mol. The number of nitrogens with zero attached hydrogens (tertiary/aromatic N) is 4. The monoisotopic (exact) mass is 403 g/mol. The van der Waals surface area contributed by atoms with Crippen molar-refractivity contribution >= 4 is 17.7 Å². The highest BCUT2D eigenvalue weighted by molar-refractivity contribution is 7.99. The van der Waals surface area contributed by atoms with Crippen LogP contribution in [0, 0.1) is 6.92 Å². The van der Waals surface area contributed by atoms with Crippen LogP contribution in [0.2, 0.25) is 0 Å². The summed E-state index contributed by atoms with van der Waals surface area (Å²) in [4.78, 5) is 26.5. The summed E-state index contributed by atoms with van der Waals surface area (Å²) < 4.78 is 12.2. The van der Waals surface area contributed by atoms with Gasteiger partial charge in [0, 0.05) is 6.54 Å². The van der Waals surface area contributed by atoms with Crippen molar-refractivity contribution in [1.82, 2.24) is 19.8 Å². The zero-order valence-corrected chi connectivity index (χ0v) is 16.3. The van der Waals surface area contributed by atoms with E-state index in [-0.39, 0.29) is 28.6 Å². The first kappa shape index (κ1) is 18.6. The fourth-order valence-corrected chi connectivity index (χ4v) is 4.20. The van der Waals surface area contributed by atoms with Crippen molar-refractivity contribution in [3.8, 4) is 11.5 Å². The van der Waals surface area contributed by atoms with Gasteiger partial charge in [-0.25, -0.2) is 0 Å².